The van der Waals surface area contributed by atoms with Crippen LogP contribution in [0.3, 0.4) is 0 Å². The molecule has 1 aliphatic heterocycles. The second-order valence-electron chi connectivity index (χ2n) is 4.30. The molecule has 0 atom stereocenters. The average Bonchev–Trinajstić information content (AvgIpc) is 2.22. The number of rotatable bonds is 1. The third-order valence-electron chi connectivity index (χ3n) is 2.35. The van der Waals surface area contributed by atoms with Crippen LogP contribution in [-0.2, 0) is 0 Å². The van der Waals surface area contributed by atoms with Gasteiger partial charge in [0, 0.05) is 18.6 Å². The van der Waals surface area contributed by atoms with Crippen molar-refractivity contribution in [2.24, 2.45) is 0 Å². The molecule has 74 valence electrons. The first-order chi connectivity index (χ1) is 6.14. The molecule has 2 nitrogen and oxygen atoms in total. The second-order valence-corrected chi connectivity index (χ2v) is 4.30. The first kappa shape index (κ1) is 10.6. The molecule has 0 aromatic carbocycles. The molecule has 0 aromatic rings. The highest BCUT2D eigenvalue weighted by Gasteiger charge is 2.22. The monoisotopic (exact) mass is 180 g/mol. The van der Waals surface area contributed by atoms with Gasteiger partial charge in [0.2, 0.25) is 0 Å². The predicted octanol–water partition coefficient (Wildman–Crippen LogP) is 1.08. The largest absolute Gasteiger partial charge is 0.310 e. The zero-order chi connectivity index (χ0) is 9.73. The Labute approximate surface area is 81.7 Å². The van der Waals surface area contributed by atoms with E-state index in [1.54, 1.807) is 0 Å². The van der Waals surface area contributed by atoms with Gasteiger partial charge in [-0.25, -0.2) is 0 Å². The minimum absolute atomic E-state index is 0.242. The van der Waals surface area contributed by atoms with Gasteiger partial charge in [-0.1, -0.05) is 5.92 Å². The van der Waals surface area contributed by atoms with Crippen molar-refractivity contribution in [3.8, 4) is 11.8 Å². The summed E-state index contributed by atoms with van der Waals surface area (Å²) < 4.78 is 0. The molecule has 1 fully saturated rings. The predicted molar refractivity (Wildman–Crippen MR) is 56.6 cm³/mol. The van der Waals surface area contributed by atoms with Gasteiger partial charge in [-0.3, -0.25) is 4.90 Å². The van der Waals surface area contributed by atoms with Gasteiger partial charge in [-0.15, -0.1) is 5.92 Å². The molecule has 0 aliphatic carbocycles. The van der Waals surface area contributed by atoms with E-state index in [-0.39, 0.29) is 5.54 Å². The topological polar surface area (TPSA) is 15.3 Å². The lowest BCUT2D eigenvalue weighted by atomic mass is 10.1. The van der Waals surface area contributed by atoms with Crippen molar-refractivity contribution >= 4 is 0 Å². The highest BCUT2D eigenvalue weighted by atomic mass is 15.2. The van der Waals surface area contributed by atoms with E-state index in [4.69, 9.17) is 0 Å². The van der Waals surface area contributed by atoms with E-state index < -0.39 is 0 Å². The highest BCUT2D eigenvalue weighted by Crippen LogP contribution is 2.09. The molecule has 0 saturated carbocycles. The number of hydrogen-bond acceptors (Lipinski definition) is 2. The van der Waals surface area contributed by atoms with Crippen molar-refractivity contribution < 1.29 is 0 Å². The smallest absolute Gasteiger partial charge is 0.0602 e. The molecule has 2 heteroatoms. The fourth-order valence-corrected chi connectivity index (χ4v) is 1.75. The van der Waals surface area contributed by atoms with Gasteiger partial charge in [-0.2, -0.15) is 0 Å². The van der Waals surface area contributed by atoms with Gasteiger partial charge in [0.15, 0.2) is 0 Å². The summed E-state index contributed by atoms with van der Waals surface area (Å²) in [6.45, 7) is 10.7. The summed E-state index contributed by atoms with van der Waals surface area (Å²) in [7, 11) is 0. The molecule has 0 unspecified atom stereocenters. The molecule has 1 rings (SSSR count). The van der Waals surface area contributed by atoms with Crippen molar-refractivity contribution in [1.29, 1.82) is 0 Å². The number of nitrogens with one attached hydrogen (secondary N) is 1. The quantitative estimate of drug-likeness (QED) is 0.608. The summed E-state index contributed by atoms with van der Waals surface area (Å²) in [6, 6.07) is 0. The summed E-state index contributed by atoms with van der Waals surface area (Å²) >= 11 is 0. The van der Waals surface area contributed by atoms with Gasteiger partial charge in [-0.05, 0) is 33.7 Å². The molecule has 1 saturated heterocycles. The summed E-state index contributed by atoms with van der Waals surface area (Å²) in [5.74, 6) is 6.08. The fourth-order valence-electron chi connectivity index (χ4n) is 1.75. The Morgan fingerprint density at radius 2 is 2.23 bits per heavy atom. The Balaban J connectivity index is 2.48. The lowest BCUT2D eigenvalue weighted by Crippen LogP contribution is -2.46. The van der Waals surface area contributed by atoms with Crippen molar-refractivity contribution in [1.82, 2.24) is 10.2 Å². The van der Waals surface area contributed by atoms with Crippen LogP contribution in [0, 0.1) is 11.8 Å². The maximum absolute atomic E-state index is 3.54. The van der Waals surface area contributed by atoms with Crippen LogP contribution in [0.4, 0.5) is 0 Å². The van der Waals surface area contributed by atoms with E-state index in [1.807, 2.05) is 6.92 Å². The standard InChI is InChI=1S/C11H20N2/c1-4-5-8-13-9-6-7-12-11(2,3)10-13/h12H,6-10H2,1-3H3. The van der Waals surface area contributed by atoms with Crippen LogP contribution in [0.15, 0.2) is 0 Å². The maximum Gasteiger partial charge on any atom is 0.0602 e. The van der Waals surface area contributed by atoms with Crippen molar-refractivity contribution in [2.45, 2.75) is 32.7 Å². The molecule has 0 radical (unpaired) electrons. The molecule has 1 N–H and O–H groups in total. The molecular weight excluding hydrogens is 160 g/mol. The number of hydrogen-bond donors (Lipinski definition) is 1. The van der Waals surface area contributed by atoms with Crippen molar-refractivity contribution in [2.75, 3.05) is 26.2 Å². The lowest BCUT2D eigenvalue weighted by molar-refractivity contribution is 0.254. The number of nitrogens with zero attached hydrogens (tertiary/aromatic N) is 1. The highest BCUT2D eigenvalue weighted by molar-refractivity contribution is 4.99. The molecule has 0 bridgehead atoms. The molecule has 1 aliphatic rings. The first-order valence-corrected chi connectivity index (χ1v) is 5.01. The zero-order valence-electron chi connectivity index (χ0n) is 8.98. The van der Waals surface area contributed by atoms with E-state index in [1.165, 1.54) is 13.0 Å². The first-order valence-electron chi connectivity index (χ1n) is 5.01. The summed E-state index contributed by atoms with van der Waals surface area (Å²) in [6.07, 6.45) is 1.23. The Kier molecular flexibility index (Phi) is 3.77. The lowest BCUT2D eigenvalue weighted by Gasteiger charge is -2.28. The van der Waals surface area contributed by atoms with E-state index in [0.717, 1.165) is 19.6 Å². The van der Waals surface area contributed by atoms with Gasteiger partial charge in [0.1, 0.15) is 0 Å². The molecule has 0 aromatic heterocycles. The Morgan fingerprint density at radius 3 is 2.92 bits per heavy atom. The van der Waals surface area contributed by atoms with Crippen LogP contribution in [0.1, 0.15) is 27.2 Å². The Bertz CT molecular complexity index is 210. The van der Waals surface area contributed by atoms with E-state index >= 15 is 0 Å². The molecular formula is C11H20N2. The van der Waals surface area contributed by atoms with Gasteiger partial charge >= 0.3 is 0 Å². The van der Waals surface area contributed by atoms with Crippen LogP contribution in [0.2, 0.25) is 0 Å². The van der Waals surface area contributed by atoms with Gasteiger partial charge < -0.3 is 5.32 Å². The zero-order valence-corrected chi connectivity index (χ0v) is 8.98. The molecule has 13 heavy (non-hydrogen) atoms. The summed E-state index contributed by atoms with van der Waals surface area (Å²) in [5.41, 5.74) is 0.242. The van der Waals surface area contributed by atoms with E-state index in [9.17, 15) is 0 Å². The fraction of sp³-hybridized carbons (Fsp3) is 0.818. The van der Waals surface area contributed by atoms with Crippen LogP contribution in [0.25, 0.3) is 0 Å². The van der Waals surface area contributed by atoms with Gasteiger partial charge in [0.25, 0.3) is 0 Å². The van der Waals surface area contributed by atoms with Gasteiger partial charge in [0.05, 0.1) is 6.54 Å². The van der Waals surface area contributed by atoms with Crippen LogP contribution in [0.5, 0.6) is 0 Å². The normalized spacial score (nSPS) is 23.0. The maximum atomic E-state index is 3.54. The molecule has 1 heterocycles. The molecule has 0 spiro atoms. The van der Waals surface area contributed by atoms with Crippen LogP contribution in [-0.4, -0.2) is 36.6 Å². The minimum Gasteiger partial charge on any atom is -0.310 e. The SMILES string of the molecule is CC#CCN1CCCNC(C)(C)C1. The van der Waals surface area contributed by atoms with E-state index in [2.05, 4.69) is 35.9 Å². The van der Waals surface area contributed by atoms with E-state index in [0.29, 0.717) is 0 Å². The third-order valence-corrected chi connectivity index (χ3v) is 2.35. The second kappa shape index (κ2) is 4.64. The minimum atomic E-state index is 0.242. The van der Waals surface area contributed by atoms with Crippen LogP contribution < -0.4 is 5.32 Å². The van der Waals surface area contributed by atoms with Crippen molar-refractivity contribution in [3.05, 3.63) is 0 Å². The molecule has 0 amide bonds. The summed E-state index contributed by atoms with van der Waals surface area (Å²) in [4.78, 5) is 2.43. The van der Waals surface area contributed by atoms with Crippen molar-refractivity contribution in [3.63, 3.8) is 0 Å². The average molecular weight is 180 g/mol. The Morgan fingerprint density at radius 1 is 1.46 bits per heavy atom. The Hall–Kier alpha value is -0.520. The third kappa shape index (κ3) is 3.80. The summed E-state index contributed by atoms with van der Waals surface area (Å²) in [5, 5.41) is 3.54. The van der Waals surface area contributed by atoms with Crippen LogP contribution >= 0.6 is 0 Å².